The van der Waals surface area contributed by atoms with Crippen molar-refractivity contribution in [3.63, 3.8) is 0 Å². The first-order chi connectivity index (χ1) is 6.48. The highest BCUT2D eigenvalue weighted by atomic mass is 16.5. The Bertz CT molecular complexity index is 350. The van der Waals surface area contributed by atoms with Crippen molar-refractivity contribution in [1.82, 2.24) is 4.98 Å². The van der Waals surface area contributed by atoms with Gasteiger partial charge in [-0.15, -0.1) is 0 Å². The number of nitrogens with two attached hydrogens (primary N) is 1. The molecular weight excluding hydrogens is 184 g/mol. The summed E-state index contributed by atoms with van der Waals surface area (Å²) in [6, 6.07) is 3.13. The Hall–Kier alpha value is -1.62. The monoisotopic (exact) mass is 196 g/mol. The smallest absolute Gasteiger partial charge is 0.329 e. The summed E-state index contributed by atoms with van der Waals surface area (Å²) in [4.78, 5) is 14.7. The Morgan fingerprint density at radius 2 is 2.36 bits per heavy atom. The molecule has 0 radical (unpaired) electrons. The van der Waals surface area contributed by atoms with Gasteiger partial charge in [-0.25, -0.2) is 4.79 Å². The number of carbonyl (C=O) groups is 1. The van der Waals surface area contributed by atoms with Crippen LogP contribution in [0.4, 0.5) is 0 Å². The van der Waals surface area contributed by atoms with Gasteiger partial charge in [-0.2, -0.15) is 0 Å². The number of hydrogen-bond donors (Lipinski definition) is 2. The molecule has 0 spiro atoms. The van der Waals surface area contributed by atoms with Crippen LogP contribution in [-0.4, -0.2) is 23.2 Å². The van der Waals surface area contributed by atoms with Gasteiger partial charge in [-0.05, 0) is 13.0 Å². The standard InChI is InChI=1S/C9H12N2O3/c1-9(10,8(12)13)7-5-6(14-2)3-4-11-7/h3-5H,10H2,1-2H3,(H,12,13). The van der Waals surface area contributed by atoms with Crippen LogP contribution in [0.25, 0.3) is 0 Å². The maximum absolute atomic E-state index is 10.8. The zero-order valence-corrected chi connectivity index (χ0v) is 8.02. The van der Waals surface area contributed by atoms with E-state index in [-0.39, 0.29) is 5.69 Å². The summed E-state index contributed by atoms with van der Waals surface area (Å²) in [5.74, 6) is -0.592. The minimum atomic E-state index is -1.49. The molecule has 0 aliphatic carbocycles. The molecule has 0 aliphatic rings. The van der Waals surface area contributed by atoms with Crippen molar-refractivity contribution in [2.24, 2.45) is 5.73 Å². The molecule has 0 aliphatic heterocycles. The van der Waals surface area contributed by atoms with Gasteiger partial charge >= 0.3 is 5.97 Å². The van der Waals surface area contributed by atoms with Crippen molar-refractivity contribution in [2.75, 3.05) is 7.11 Å². The van der Waals surface area contributed by atoms with Crippen LogP contribution in [0, 0.1) is 0 Å². The third kappa shape index (κ3) is 1.82. The number of rotatable bonds is 3. The summed E-state index contributed by atoms with van der Waals surface area (Å²) >= 11 is 0. The van der Waals surface area contributed by atoms with E-state index in [0.29, 0.717) is 5.75 Å². The number of hydrogen-bond acceptors (Lipinski definition) is 4. The van der Waals surface area contributed by atoms with Crippen LogP contribution >= 0.6 is 0 Å². The number of aliphatic carboxylic acids is 1. The summed E-state index contributed by atoms with van der Waals surface area (Å²) < 4.78 is 4.94. The number of carboxylic acids is 1. The molecule has 1 aromatic rings. The van der Waals surface area contributed by atoms with E-state index in [4.69, 9.17) is 15.6 Å². The largest absolute Gasteiger partial charge is 0.497 e. The number of nitrogens with zero attached hydrogens (tertiary/aromatic N) is 1. The quantitative estimate of drug-likeness (QED) is 0.728. The number of carboxylic acid groups (broad SMARTS) is 1. The Balaban J connectivity index is 3.12. The molecule has 0 saturated heterocycles. The average Bonchev–Trinajstić information content (AvgIpc) is 2.17. The van der Waals surface area contributed by atoms with E-state index in [9.17, 15) is 4.79 Å². The summed E-state index contributed by atoms with van der Waals surface area (Å²) in [7, 11) is 1.49. The van der Waals surface area contributed by atoms with Crippen molar-refractivity contribution in [3.8, 4) is 5.75 Å². The molecule has 1 atom stereocenters. The number of pyridine rings is 1. The van der Waals surface area contributed by atoms with Crippen LogP contribution in [0.1, 0.15) is 12.6 Å². The third-order valence-electron chi connectivity index (χ3n) is 1.94. The van der Waals surface area contributed by atoms with Crippen molar-refractivity contribution < 1.29 is 14.6 Å². The van der Waals surface area contributed by atoms with E-state index in [1.807, 2.05) is 0 Å². The average molecular weight is 196 g/mol. The molecular formula is C9H12N2O3. The van der Waals surface area contributed by atoms with Gasteiger partial charge in [0, 0.05) is 12.3 Å². The van der Waals surface area contributed by atoms with E-state index in [2.05, 4.69) is 4.98 Å². The molecule has 14 heavy (non-hydrogen) atoms. The van der Waals surface area contributed by atoms with Crippen LogP contribution in [0.3, 0.4) is 0 Å². The van der Waals surface area contributed by atoms with Gasteiger partial charge in [0.15, 0.2) is 5.54 Å². The topological polar surface area (TPSA) is 85.4 Å². The number of methoxy groups -OCH3 is 1. The van der Waals surface area contributed by atoms with Gasteiger partial charge in [0.2, 0.25) is 0 Å². The molecule has 0 fully saturated rings. The SMILES string of the molecule is COc1ccnc(C(C)(N)C(=O)O)c1. The molecule has 5 heteroatoms. The van der Waals surface area contributed by atoms with Crippen molar-refractivity contribution >= 4 is 5.97 Å². The van der Waals surface area contributed by atoms with Gasteiger partial charge in [-0.1, -0.05) is 0 Å². The maximum atomic E-state index is 10.8. The molecule has 1 rings (SSSR count). The maximum Gasteiger partial charge on any atom is 0.329 e. The summed E-state index contributed by atoms with van der Waals surface area (Å²) in [6.45, 7) is 1.39. The number of aromatic nitrogens is 1. The molecule has 1 heterocycles. The molecule has 0 amide bonds. The first-order valence-electron chi connectivity index (χ1n) is 4.01. The Morgan fingerprint density at radius 1 is 1.71 bits per heavy atom. The van der Waals surface area contributed by atoms with Crippen molar-refractivity contribution in [1.29, 1.82) is 0 Å². The summed E-state index contributed by atoms with van der Waals surface area (Å²) in [5, 5.41) is 8.85. The second-order valence-electron chi connectivity index (χ2n) is 3.09. The molecule has 1 aromatic heterocycles. The van der Waals surface area contributed by atoms with Crippen LogP contribution < -0.4 is 10.5 Å². The third-order valence-corrected chi connectivity index (χ3v) is 1.94. The molecule has 0 bridgehead atoms. The van der Waals surface area contributed by atoms with Crippen LogP contribution in [0.2, 0.25) is 0 Å². The molecule has 0 saturated carbocycles. The van der Waals surface area contributed by atoms with Gasteiger partial charge in [-0.3, -0.25) is 4.98 Å². The van der Waals surface area contributed by atoms with E-state index >= 15 is 0 Å². The molecule has 0 aromatic carbocycles. The predicted molar refractivity (Wildman–Crippen MR) is 50.0 cm³/mol. The summed E-state index contributed by atoms with van der Waals surface area (Å²) in [5.41, 5.74) is 4.36. The molecule has 1 unspecified atom stereocenters. The van der Waals surface area contributed by atoms with E-state index in [0.717, 1.165) is 0 Å². The predicted octanol–water partition coefficient (Wildman–Crippen LogP) is 0.349. The second-order valence-corrected chi connectivity index (χ2v) is 3.09. The lowest BCUT2D eigenvalue weighted by Gasteiger charge is -2.18. The van der Waals surface area contributed by atoms with E-state index in [1.54, 1.807) is 6.07 Å². The highest BCUT2D eigenvalue weighted by molar-refractivity contribution is 5.79. The normalized spacial score (nSPS) is 14.5. The van der Waals surface area contributed by atoms with E-state index < -0.39 is 11.5 Å². The lowest BCUT2D eigenvalue weighted by atomic mass is 9.99. The minimum Gasteiger partial charge on any atom is -0.497 e. The van der Waals surface area contributed by atoms with Gasteiger partial charge < -0.3 is 15.6 Å². The lowest BCUT2D eigenvalue weighted by Crippen LogP contribution is -2.42. The molecule has 5 nitrogen and oxygen atoms in total. The fraction of sp³-hybridized carbons (Fsp3) is 0.333. The first kappa shape index (κ1) is 10.5. The Kier molecular flexibility index (Phi) is 2.71. The van der Waals surface area contributed by atoms with Crippen molar-refractivity contribution in [2.45, 2.75) is 12.5 Å². The minimum absolute atomic E-state index is 0.268. The van der Waals surface area contributed by atoms with Gasteiger partial charge in [0.05, 0.1) is 12.8 Å². The zero-order valence-electron chi connectivity index (χ0n) is 8.02. The van der Waals surface area contributed by atoms with Gasteiger partial charge in [0.25, 0.3) is 0 Å². The number of ether oxygens (including phenoxy) is 1. The van der Waals surface area contributed by atoms with Crippen LogP contribution in [0.5, 0.6) is 5.75 Å². The zero-order chi connectivity index (χ0) is 10.8. The Labute approximate surface area is 81.5 Å². The highest BCUT2D eigenvalue weighted by Crippen LogP contribution is 2.19. The summed E-state index contributed by atoms with van der Waals surface area (Å²) in [6.07, 6.45) is 1.46. The molecule has 3 N–H and O–H groups in total. The highest BCUT2D eigenvalue weighted by Gasteiger charge is 2.31. The van der Waals surface area contributed by atoms with Crippen LogP contribution in [0.15, 0.2) is 18.3 Å². The van der Waals surface area contributed by atoms with Crippen LogP contribution in [-0.2, 0) is 10.3 Å². The van der Waals surface area contributed by atoms with Crippen molar-refractivity contribution in [3.05, 3.63) is 24.0 Å². The first-order valence-corrected chi connectivity index (χ1v) is 4.01. The van der Waals surface area contributed by atoms with E-state index in [1.165, 1.54) is 26.3 Å². The Morgan fingerprint density at radius 3 is 2.86 bits per heavy atom. The second kappa shape index (κ2) is 3.63. The van der Waals surface area contributed by atoms with Gasteiger partial charge in [0.1, 0.15) is 5.75 Å². The fourth-order valence-corrected chi connectivity index (χ4v) is 0.932. The molecule has 76 valence electrons. The lowest BCUT2D eigenvalue weighted by molar-refractivity contribution is -0.143. The fourth-order valence-electron chi connectivity index (χ4n) is 0.932.